The first kappa shape index (κ1) is 23.6. The number of piperidine rings is 1. The summed E-state index contributed by atoms with van der Waals surface area (Å²) in [7, 11) is -0.901. The fourth-order valence-corrected chi connectivity index (χ4v) is 4.91. The molecule has 2 rings (SSSR count). The molecule has 1 aliphatic carbocycles. The molecule has 1 unspecified atom stereocenters. The van der Waals surface area contributed by atoms with E-state index in [1.54, 1.807) is 6.26 Å². The molecule has 0 spiro atoms. The lowest BCUT2D eigenvalue weighted by atomic mass is 9.80. The fraction of sp³-hybridized carbons (Fsp3) is 0.952. The molecular weight excluding hydrogens is 374 g/mol. The lowest BCUT2D eigenvalue weighted by Crippen LogP contribution is -2.61. The van der Waals surface area contributed by atoms with Gasteiger partial charge in [0, 0.05) is 35.7 Å². The molecule has 1 saturated heterocycles. The van der Waals surface area contributed by atoms with Crippen LogP contribution in [0, 0.1) is 11.8 Å². The molecule has 1 saturated carbocycles. The van der Waals surface area contributed by atoms with E-state index in [4.69, 9.17) is 4.74 Å². The third-order valence-electron chi connectivity index (χ3n) is 6.17. The summed E-state index contributed by atoms with van der Waals surface area (Å²) >= 11 is 0. The summed E-state index contributed by atoms with van der Waals surface area (Å²) in [6, 6.07) is 0.203. The molecule has 0 aromatic carbocycles. The Balaban J connectivity index is 1.97. The molecule has 7 heteroatoms. The third-order valence-corrected chi connectivity index (χ3v) is 6.74. The van der Waals surface area contributed by atoms with Crippen molar-refractivity contribution in [3.05, 3.63) is 0 Å². The van der Waals surface area contributed by atoms with Crippen molar-refractivity contribution in [2.45, 2.75) is 90.4 Å². The predicted molar refractivity (Wildman–Crippen MR) is 116 cm³/mol. The van der Waals surface area contributed by atoms with Crippen LogP contribution in [0.15, 0.2) is 0 Å². The van der Waals surface area contributed by atoms with Crippen molar-refractivity contribution in [1.82, 2.24) is 15.5 Å². The average Bonchev–Trinajstić information content (AvgIpc) is 2.64. The van der Waals surface area contributed by atoms with E-state index in [-0.39, 0.29) is 24.2 Å². The van der Waals surface area contributed by atoms with E-state index < -0.39 is 10.8 Å². The lowest BCUT2D eigenvalue weighted by Gasteiger charge is -2.42. The van der Waals surface area contributed by atoms with Crippen LogP contribution in [0.1, 0.15) is 66.2 Å². The highest BCUT2D eigenvalue weighted by Crippen LogP contribution is 2.31. The van der Waals surface area contributed by atoms with Gasteiger partial charge in [-0.1, -0.05) is 13.8 Å². The quantitative estimate of drug-likeness (QED) is 0.639. The Morgan fingerprint density at radius 3 is 2.39 bits per heavy atom. The Morgan fingerprint density at radius 2 is 1.82 bits per heavy atom. The van der Waals surface area contributed by atoms with Gasteiger partial charge in [0.2, 0.25) is 0 Å². The van der Waals surface area contributed by atoms with Crippen LogP contribution in [0.5, 0.6) is 0 Å². The van der Waals surface area contributed by atoms with Gasteiger partial charge in [0.25, 0.3) is 0 Å². The Hall–Kier alpha value is -0.660. The highest BCUT2D eigenvalue weighted by molar-refractivity contribution is 7.84. The molecule has 2 amide bonds. The summed E-state index contributed by atoms with van der Waals surface area (Å²) in [5, 5.41) is 6.44. The SMILES string of the molecule is CC(C)NC(=O)N1CCC[C@H](NCS(C)=O)[C@@H]1COC1CCC(C(C)C)CC1. The highest BCUT2D eigenvalue weighted by atomic mass is 32.2. The topological polar surface area (TPSA) is 70.7 Å². The molecule has 6 nitrogen and oxygen atoms in total. The monoisotopic (exact) mass is 415 g/mol. The number of amides is 2. The van der Waals surface area contributed by atoms with Crippen LogP contribution in [0.4, 0.5) is 4.79 Å². The van der Waals surface area contributed by atoms with Crippen molar-refractivity contribution in [2.75, 3.05) is 25.3 Å². The Morgan fingerprint density at radius 1 is 1.14 bits per heavy atom. The number of rotatable bonds is 8. The second-order valence-corrected chi connectivity index (χ2v) is 10.6. The number of carbonyl (C=O) groups excluding carboxylic acids is 1. The van der Waals surface area contributed by atoms with Gasteiger partial charge in [0.1, 0.15) is 0 Å². The minimum atomic E-state index is -0.901. The molecule has 2 fully saturated rings. The van der Waals surface area contributed by atoms with E-state index in [9.17, 15) is 9.00 Å². The van der Waals surface area contributed by atoms with Crippen LogP contribution in [0.3, 0.4) is 0 Å². The van der Waals surface area contributed by atoms with E-state index in [0.717, 1.165) is 44.1 Å². The van der Waals surface area contributed by atoms with E-state index in [1.807, 2.05) is 18.7 Å². The normalized spacial score (nSPS) is 29.9. The van der Waals surface area contributed by atoms with Gasteiger partial charge in [0.05, 0.1) is 24.6 Å². The molecule has 3 atom stereocenters. The summed E-state index contributed by atoms with van der Waals surface area (Å²) < 4.78 is 17.9. The summed E-state index contributed by atoms with van der Waals surface area (Å²) in [5.41, 5.74) is 0. The van der Waals surface area contributed by atoms with Crippen molar-refractivity contribution in [3.8, 4) is 0 Å². The van der Waals surface area contributed by atoms with Crippen molar-refractivity contribution in [1.29, 1.82) is 0 Å². The number of ether oxygens (including phenoxy) is 1. The largest absolute Gasteiger partial charge is 0.376 e. The first-order valence-electron chi connectivity index (χ1n) is 11.0. The van der Waals surface area contributed by atoms with Crippen LogP contribution in [-0.4, -0.2) is 64.7 Å². The van der Waals surface area contributed by atoms with Crippen LogP contribution >= 0.6 is 0 Å². The fourth-order valence-electron chi connectivity index (χ4n) is 4.46. The van der Waals surface area contributed by atoms with Crippen molar-refractivity contribution in [3.63, 3.8) is 0 Å². The zero-order chi connectivity index (χ0) is 20.7. The van der Waals surface area contributed by atoms with Crippen molar-refractivity contribution >= 4 is 16.8 Å². The number of nitrogens with one attached hydrogen (secondary N) is 2. The number of carbonyl (C=O) groups is 1. The van der Waals surface area contributed by atoms with Gasteiger partial charge in [-0.25, -0.2) is 4.79 Å². The number of nitrogens with zero attached hydrogens (tertiary/aromatic N) is 1. The van der Waals surface area contributed by atoms with Gasteiger partial charge >= 0.3 is 6.03 Å². The van der Waals surface area contributed by atoms with Gasteiger partial charge in [-0.2, -0.15) is 0 Å². The molecule has 0 radical (unpaired) electrons. The number of hydrogen-bond acceptors (Lipinski definition) is 4. The zero-order valence-corrected chi connectivity index (χ0v) is 19.2. The van der Waals surface area contributed by atoms with Crippen molar-refractivity contribution < 1.29 is 13.7 Å². The maximum Gasteiger partial charge on any atom is 0.317 e. The summed E-state index contributed by atoms with van der Waals surface area (Å²) in [5.74, 6) is 2.02. The van der Waals surface area contributed by atoms with Gasteiger partial charge < -0.3 is 20.3 Å². The third kappa shape index (κ3) is 7.30. The second kappa shape index (κ2) is 11.5. The summed E-state index contributed by atoms with van der Waals surface area (Å²) in [6.07, 6.45) is 8.65. The Kier molecular flexibility index (Phi) is 9.71. The van der Waals surface area contributed by atoms with Gasteiger partial charge in [-0.05, 0) is 64.2 Å². The smallest absolute Gasteiger partial charge is 0.317 e. The first-order chi connectivity index (χ1) is 13.3. The number of likely N-dealkylation sites (tertiary alicyclic amines) is 1. The minimum Gasteiger partial charge on any atom is -0.376 e. The second-order valence-electron chi connectivity index (χ2n) is 9.15. The van der Waals surface area contributed by atoms with Gasteiger partial charge in [-0.3, -0.25) is 4.21 Å². The molecule has 1 aliphatic heterocycles. The molecule has 0 bridgehead atoms. The van der Waals surface area contributed by atoms with Gasteiger partial charge in [-0.15, -0.1) is 0 Å². The van der Waals surface area contributed by atoms with E-state index >= 15 is 0 Å². The lowest BCUT2D eigenvalue weighted by molar-refractivity contribution is -0.0257. The highest BCUT2D eigenvalue weighted by Gasteiger charge is 2.35. The molecule has 0 aromatic rings. The number of hydrogen-bond donors (Lipinski definition) is 2. The van der Waals surface area contributed by atoms with E-state index in [0.29, 0.717) is 18.6 Å². The van der Waals surface area contributed by atoms with E-state index in [1.165, 1.54) is 12.8 Å². The predicted octanol–water partition coefficient (Wildman–Crippen LogP) is 3.09. The molecule has 2 N–H and O–H groups in total. The minimum absolute atomic E-state index is 0.0149. The van der Waals surface area contributed by atoms with Gasteiger partial charge in [0.15, 0.2) is 0 Å². The number of urea groups is 1. The molecule has 1 heterocycles. The molecular formula is C21H41N3O3S. The average molecular weight is 416 g/mol. The van der Waals surface area contributed by atoms with E-state index in [2.05, 4.69) is 24.5 Å². The van der Waals surface area contributed by atoms with Crippen LogP contribution in [0.2, 0.25) is 0 Å². The Bertz CT molecular complexity index is 507. The molecule has 164 valence electrons. The maximum atomic E-state index is 12.7. The molecule has 2 aliphatic rings. The first-order valence-corrected chi connectivity index (χ1v) is 12.7. The summed E-state index contributed by atoms with van der Waals surface area (Å²) in [4.78, 5) is 14.7. The Labute approximate surface area is 174 Å². The molecule has 0 aromatic heterocycles. The van der Waals surface area contributed by atoms with Crippen LogP contribution < -0.4 is 10.6 Å². The maximum absolute atomic E-state index is 12.7. The molecule has 28 heavy (non-hydrogen) atoms. The zero-order valence-electron chi connectivity index (χ0n) is 18.4. The standard InChI is InChI=1S/C21H41N3O3S/c1-15(2)17-8-10-18(11-9-17)27-13-20-19(22-14-28(5)26)7-6-12-24(20)21(25)23-16(3)4/h15-20,22H,6-14H2,1-5H3,(H,23,25)/t17?,18?,19-,20-,28?/m0/s1. The summed E-state index contributed by atoms with van der Waals surface area (Å²) in [6.45, 7) is 9.89. The van der Waals surface area contributed by atoms with Crippen LogP contribution in [-0.2, 0) is 15.5 Å². The van der Waals surface area contributed by atoms with Crippen molar-refractivity contribution in [2.24, 2.45) is 11.8 Å². The van der Waals surface area contributed by atoms with Crippen LogP contribution in [0.25, 0.3) is 0 Å².